The summed E-state index contributed by atoms with van der Waals surface area (Å²) in [4.78, 5) is 4.73. The number of aliphatic hydroxyl groups is 1. The summed E-state index contributed by atoms with van der Waals surface area (Å²) in [6, 6.07) is 10.2. The van der Waals surface area contributed by atoms with E-state index in [2.05, 4.69) is 42.8 Å². The molecule has 164 valence electrons. The Labute approximate surface area is 176 Å². The number of rotatable bonds is 8. The molecule has 6 nitrogen and oxygen atoms in total. The number of nitrogens with zero attached hydrogens (tertiary/aromatic N) is 3. The van der Waals surface area contributed by atoms with Crippen molar-refractivity contribution < 1.29 is 9.84 Å². The summed E-state index contributed by atoms with van der Waals surface area (Å²) >= 11 is 0. The molecule has 0 aliphatic carbocycles. The highest BCUT2D eigenvalue weighted by atomic mass is 16.5. The Hall–Kier alpha value is -1.02. The molecule has 0 radical (unpaired) electrons. The van der Waals surface area contributed by atoms with Gasteiger partial charge in [0.25, 0.3) is 0 Å². The first-order valence-electron chi connectivity index (χ1n) is 11.3. The second kappa shape index (κ2) is 10.3. The Morgan fingerprint density at radius 1 is 1.17 bits per heavy atom. The van der Waals surface area contributed by atoms with Gasteiger partial charge in [-0.05, 0) is 38.5 Å². The maximum Gasteiger partial charge on any atom is 0.0953 e. The molecule has 6 heteroatoms. The lowest BCUT2D eigenvalue weighted by molar-refractivity contribution is -0.143. The smallest absolute Gasteiger partial charge is 0.0953 e. The zero-order valence-corrected chi connectivity index (χ0v) is 18.5. The quantitative estimate of drug-likeness (QED) is 0.644. The van der Waals surface area contributed by atoms with Gasteiger partial charge in [0.15, 0.2) is 0 Å². The van der Waals surface area contributed by atoms with Crippen molar-refractivity contribution in [1.82, 2.24) is 14.8 Å². The summed E-state index contributed by atoms with van der Waals surface area (Å²) in [5.74, 6) is 6.55. The van der Waals surface area contributed by atoms with Crippen molar-refractivity contribution in [2.24, 2.45) is 17.7 Å². The van der Waals surface area contributed by atoms with Crippen LogP contribution in [0.2, 0.25) is 0 Å². The van der Waals surface area contributed by atoms with E-state index in [1.54, 1.807) is 0 Å². The standard InChI is InChI=1S/C23H40N4O2/c1-4-26(5-2)15-16-29-22-11-13-27(24)17-20(22)21-18-25(3)14-12-23(21,28)19-9-7-6-8-10-19/h6-10,20-22,28H,4-5,11-18,24H2,1-3H3. The van der Waals surface area contributed by atoms with Crippen molar-refractivity contribution in [1.29, 1.82) is 0 Å². The van der Waals surface area contributed by atoms with E-state index in [0.717, 1.165) is 70.8 Å². The van der Waals surface area contributed by atoms with Crippen LogP contribution in [0.5, 0.6) is 0 Å². The van der Waals surface area contributed by atoms with E-state index in [-0.39, 0.29) is 17.9 Å². The van der Waals surface area contributed by atoms with E-state index >= 15 is 0 Å². The van der Waals surface area contributed by atoms with Crippen molar-refractivity contribution >= 4 is 0 Å². The number of hydrogen-bond acceptors (Lipinski definition) is 6. The maximum atomic E-state index is 11.9. The number of piperidine rings is 2. The molecule has 4 atom stereocenters. The Kier molecular flexibility index (Phi) is 8.07. The van der Waals surface area contributed by atoms with Gasteiger partial charge >= 0.3 is 0 Å². The summed E-state index contributed by atoms with van der Waals surface area (Å²) in [5, 5.41) is 13.8. The molecule has 2 fully saturated rings. The molecule has 1 aromatic rings. The molecule has 0 saturated carbocycles. The highest BCUT2D eigenvalue weighted by Crippen LogP contribution is 2.43. The maximum absolute atomic E-state index is 11.9. The largest absolute Gasteiger partial charge is 0.385 e. The van der Waals surface area contributed by atoms with Crippen molar-refractivity contribution in [3.05, 3.63) is 35.9 Å². The highest BCUT2D eigenvalue weighted by molar-refractivity contribution is 5.25. The highest BCUT2D eigenvalue weighted by Gasteiger charge is 2.49. The lowest BCUT2D eigenvalue weighted by Gasteiger charge is -2.51. The topological polar surface area (TPSA) is 65.2 Å². The van der Waals surface area contributed by atoms with Crippen LogP contribution in [0, 0.1) is 11.8 Å². The molecule has 4 unspecified atom stereocenters. The Morgan fingerprint density at radius 3 is 2.59 bits per heavy atom. The molecule has 0 bridgehead atoms. The molecule has 2 saturated heterocycles. The van der Waals surface area contributed by atoms with Crippen LogP contribution in [0.4, 0.5) is 0 Å². The first kappa shape index (κ1) is 22.7. The van der Waals surface area contributed by atoms with Gasteiger partial charge in [0.2, 0.25) is 0 Å². The lowest BCUT2D eigenvalue weighted by atomic mass is 9.67. The van der Waals surface area contributed by atoms with Crippen LogP contribution in [0.25, 0.3) is 0 Å². The molecule has 2 heterocycles. The van der Waals surface area contributed by atoms with Gasteiger partial charge < -0.3 is 19.6 Å². The van der Waals surface area contributed by atoms with E-state index in [4.69, 9.17) is 10.6 Å². The van der Waals surface area contributed by atoms with Crippen molar-refractivity contribution in [3.63, 3.8) is 0 Å². The molecule has 1 aromatic carbocycles. The minimum atomic E-state index is -0.836. The van der Waals surface area contributed by atoms with E-state index in [0.29, 0.717) is 0 Å². The van der Waals surface area contributed by atoms with E-state index in [1.807, 2.05) is 23.2 Å². The molecule has 0 amide bonds. The first-order valence-corrected chi connectivity index (χ1v) is 11.3. The van der Waals surface area contributed by atoms with Crippen LogP contribution in [0.15, 0.2) is 30.3 Å². The van der Waals surface area contributed by atoms with Crippen LogP contribution >= 0.6 is 0 Å². The summed E-state index contributed by atoms with van der Waals surface area (Å²) in [6.07, 6.45) is 1.80. The normalized spacial score (nSPS) is 32.0. The fourth-order valence-corrected chi connectivity index (χ4v) is 5.15. The minimum Gasteiger partial charge on any atom is -0.385 e. The minimum absolute atomic E-state index is 0.0912. The van der Waals surface area contributed by atoms with Gasteiger partial charge in [-0.3, -0.25) is 5.84 Å². The molecule has 29 heavy (non-hydrogen) atoms. The second-order valence-electron chi connectivity index (χ2n) is 8.79. The van der Waals surface area contributed by atoms with Gasteiger partial charge in [-0.25, -0.2) is 5.01 Å². The zero-order chi connectivity index (χ0) is 20.9. The third kappa shape index (κ3) is 5.37. The van der Waals surface area contributed by atoms with Crippen LogP contribution in [0.1, 0.15) is 32.3 Å². The van der Waals surface area contributed by atoms with E-state index < -0.39 is 5.60 Å². The van der Waals surface area contributed by atoms with Gasteiger partial charge in [0.05, 0.1) is 18.3 Å². The first-order chi connectivity index (χ1) is 14.0. The van der Waals surface area contributed by atoms with Gasteiger partial charge in [0, 0.05) is 44.6 Å². The SMILES string of the molecule is CCN(CC)CCOC1CCN(N)CC1C1CN(C)CCC1(O)c1ccccc1. The average molecular weight is 405 g/mol. The van der Waals surface area contributed by atoms with Crippen LogP contribution in [-0.4, -0.2) is 85.5 Å². The van der Waals surface area contributed by atoms with Crippen LogP contribution in [-0.2, 0) is 10.3 Å². The second-order valence-corrected chi connectivity index (χ2v) is 8.79. The number of nitrogens with two attached hydrogens (primary N) is 1. The zero-order valence-electron chi connectivity index (χ0n) is 18.5. The van der Waals surface area contributed by atoms with Crippen molar-refractivity contribution in [2.75, 3.05) is 59.5 Å². The third-order valence-corrected chi connectivity index (χ3v) is 7.04. The monoisotopic (exact) mass is 404 g/mol. The molecule has 2 aliphatic heterocycles. The number of likely N-dealkylation sites (tertiary alicyclic amines) is 1. The number of hydrogen-bond donors (Lipinski definition) is 2. The Balaban J connectivity index is 1.79. The molecular weight excluding hydrogens is 364 g/mol. The average Bonchev–Trinajstić information content (AvgIpc) is 2.74. The van der Waals surface area contributed by atoms with Gasteiger partial charge in [-0.1, -0.05) is 44.2 Å². The molecule has 3 rings (SSSR count). The molecule has 0 spiro atoms. The third-order valence-electron chi connectivity index (χ3n) is 7.04. The summed E-state index contributed by atoms with van der Waals surface area (Å²) in [5.41, 5.74) is 0.186. The van der Waals surface area contributed by atoms with Gasteiger partial charge in [-0.15, -0.1) is 0 Å². The van der Waals surface area contributed by atoms with Gasteiger partial charge in [0.1, 0.15) is 0 Å². The predicted octanol–water partition coefficient (Wildman–Crippen LogP) is 1.75. The number of hydrazine groups is 1. The van der Waals surface area contributed by atoms with E-state index in [9.17, 15) is 5.11 Å². The Morgan fingerprint density at radius 2 is 1.90 bits per heavy atom. The summed E-state index contributed by atoms with van der Waals surface area (Å²) in [7, 11) is 2.15. The van der Waals surface area contributed by atoms with Crippen LogP contribution in [0.3, 0.4) is 0 Å². The fourth-order valence-electron chi connectivity index (χ4n) is 5.15. The fraction of sp³-hybridized carbons (Fsp3) is 0.739. The predicted molar refractivity (Wildman–Crippen MR) is 117 cm³/mol. The summed E-state index contributed by atoms with van der Waals surface area (Å²) in [6.45, 7) is 11.5. The Bertz CT molecular complexity index is 612. The molecule has 3 N–H and O–H groups in total. The summed E-state index contributed by atoms with van der Waals surface area (Å²) < 4.78 is 6.44. The molecule has 2 aliphatic rings. The van der Waals surface area contributed by atoms with Gasteiger partial charge in [-0.2, -0.15) is 0 Å². The van der Waals surface area contributed by atoms with E-state index in [1.165, 1.54) is 0 Å². The van der Waals surface area contributed by atoms with Crippen molar-refractivity contribution in [2.45, 2.75) is 38.4 Å². The molecule has 0 aromatic heterocycles. The number of likely N-dealkylation sites (N-methyl/N-ethyl adjacent to an activating group) is 1. The number of benzene rings is 1. The number of ether oxygens (including phenoxy) is 1. The van der Waals surface area contributed by atoms with Crippen molar-refractivity contribution in [3.8, 4) is 0 Å². The molecular formula is C23H40N4O2. The van der Waals surface area contributed by atoms with Crippen LogP contribution < -0.4 is 5.84 Å². The lowest BCUT2D eigenvalue weighted by Crippen LogP contribution is -2.59.